The number of benzene rings is 2. The molecule has 4 nitrogen and oxygen atoms in total. The molecule has 1 atom stereocenters. The van der Waals surface area contributed by atoms with Gasteiger partial charge in [-0.25, -0.2) is 0 Å². The average Bonchev–Trinajstić information content (AvgIpc) is 3.49. The van der Waals surface area contributed by atoms with Crippen LogP contribution in [0, 0.1) is 6.92 Å². The van der Waals surface area contributed by atoms with Crippen LogP contribution in [-0.2, 0) is 22.7 Å². The van der Waals surface area contributed by atoms with Crippen LogP contribution in [0.2, 0.25) is 0 Å². The first-order chi connectivity index (χ1) is 12.6. The lowest BCUT2D eigenvalue weighted by Crippen LogP contribution is -2.40. The quantitative estimate of drug-likeness (QED) is 0.717. The summed E-state index contributed by atoms with van der Waals surface area (Å²) in [6.07, 6.45) is 1.70. The molecule has 138 valence electrons. The van der Waals surface area contributed by atoms with Crippen molar-refractivity contribution >= 4 is 5.91 Å². The first kappa shape index (κ1) is 18.5. The van der Waals surface area contributed by atoms with E-state index in [9.17, 15) is 4.79 Å². The van der Waals surface area contributed by atoms with Gasteiger partial charge in [-0.05, 0) is 49.9 Å². The van der Waals surface area contributed by atoms with Crippen LogP contribution in [0.15, 0.2) is 48.5 Å². The second-order valence-corrected chi connectivity index (χ2v) is 6.99. The van der Waals surface area contributed by atoms with Crippen molar-refractivity contribution in [3.05, 3.63) is 65.2 Å². The number of carbonyl (C=O) groups is 1. The van der Waals surface area contributed by atoms with Gasteiger partial charge in [-0.1, -0.05) is 42.0 Å². The third-order valence-electron chi connectivity index (χ3n) is 4.69. The molecule has 0 radical (unpaired) electrons. The number of aryl methyl sites for hydroxylation is 1. The van der Waals surface area contributed by atoms with E-state index in [0.717, 1.165) is 24.2 Å². The summed E-state index contributed by atoms with van der Waals surface area (Å²) in [6, 6.07) is 16.4. The zero-order chi connectivity index (χ0) is 18.5. The lowest BCUT2D eigenvalue weighted by atomic mass is 10.1. The molecule has 1 aliphatic carbocycles. The minimum atomic E-state index is -0.466. The van der Waals surface area contributed by atoms with Crippen LogP contribution >= 0.6 is 0 Å². The van der Waals surface area contributed by atoms with Gasteiger partial charge in [-0.2, -0.15) is 0 Å². The Labute approximate surface area is 155 Å². The fraction of sp³-hybridized carbons (Fsp3) is 0.409. The summed E-state index contributed by atoms with van der Waals surface area (Å²) >= 11 is 0. The number of nitrogens with zero attached hydrogens (tertiary/aromatic N) is 1. The Morgan fingerprint density at radius 3 is 2.58 bits per heavy atom. The van der Waals surface area contributed by atoms with E-state index in [1.165, 1.54) is 11.1 Å². The van der Waals surface area contributed by atoms with Crippen molar-refractivity contribution in [2.75, 3.05) is 7.11 Å². The highest BCUT2D eigenvalue weighted by molar-refractivity contribution is 5.81. The van der Waals surface area contributed by atoms with Gasteiger partial charge in [0.15, 0.2) is 0 Å². The Balaban J connectivity index is 1.61. The fourth-order valence-corrected chi connectivity index (χ4v) is 3.07. The van der Waals surface area contributed by atoms with Crippen LogP contribution in [0.4, 0.5) is 0 Å². The van der Waals surface area contributed by atoms with E-state index in [1.807, 2.05) is 42.2 Å². The highest BCUT2D eigenvalue weighted by Crippen LogP contribution is 2.29. The lowest BCUT2D eigenvalue weighted by Gasteiger charge is -2.26. The van der Waals surface area contributed by atoms with E-state index < -0.39 is 6.10 Å². The van der Waals surface area contributed by atoms with E-state index >= 15 is 0 Å². The molecular weight excluding hydrogens is 326 g/mol. The highest BCUT2D eigenvalue weighted by Gasteiger charge is 2.34. The molecule has 0 saturated heterocycles. The molecule has 1 fully saturated rings. The van der Waals surface area contributed by atoms with E-state index in [1.54, 1.807) is 7.11 Å². The molecule has 0 spiro atoms. The van der Waals surface area contributed by atoms with Crippen LogP contribution < -0.4 is 4.74 Å². The van der Waals surface area contributed by atoms with Crippen LogP contribution in [0.5, 0.6) is 5.75 Å². The van der Waals surface area contributed by atoms with Crippen molar-refractivity contribution in [3.8, 4) is 5.75 Å². The standard InChI is InChI=1S/C22H27NO3/c1-16-6-4-7-18(12-16)14-23(20-10-11-20)22(24)17(2)26-15-19-8-5-9-21(13-19)25-3/h4-9,12-13,17,20H,10-11,14-15H2,1-3H3. The molecule has 4 heteroatoms. The molecule has 0 aliphatic heterocycles. The molecule has 1 saturated carbocycles. The number of methoxy groups -OCH3 is 1. The Bertz CT molecular complexity index is 755. The summed E-state index contributed by atoms with van der Waals surface area (Å²) in [5.41, 5.74) is 3.39. The molecule has 3 rings (SSSR count). The van der Waals surface area contributed by atoms with Crippen LogP contribution in [0.25, 0.3) is 0 Å². The Hall–Kier alpha value is -2.33. The second-order valence-electron chi connectivity index (χ2n) is 6.99. The van der Waals surface area contributed by atoms with E-state index in [-0.39, 0.29) is 5.91 Å². The lowest BCUT2D eigenvalue weighted by molar-refractivity contribution is -0.144. The number of ether oxygens (including phenoxy) is 2. The van der Waals surface area contributed by atoms with E-state index in [4.69, 9.17) is 9.47 Å². The van der Waals surface area contributed by atoms with Crippen molar-refractivity contribution in [1.82, 2.24) is 4.90 Å². The molecule has 0 N–H and O–H groups in total. The Morgan fingerprint density at radius 2 is 1.88 bits per heavy atom. The van der Waals surface area contributed by atoms with Crippen LogP contribution in [0.3, 0.4) is 0 Å². The van der Waals surface area contributed by atoms with Crippen molar-refractivity contribution in [2.24, 2.45) is 0 Å². The number of hydrogen-bond donors (Lipinski definition) is 0. The van der Waals surface area contributed by atoms with Gasteiger partial charge in [0.2, 0.25) is 0 Å². The monoisotopic (exact) mass is 353 g/mol. The first-order valence-corrected chi connectivity index (χ1v) is 9.17. The summed E-state index contributed by atoms with van der Waals surface area (Å²) in [4.78, 5) is 14.9. The predicted octanol–water partition coefficient (Wildman–Crippen LogP) is 4.10. The summed E-state index contributed by atoms with van der Waals surface area (Å²) < 4.78 is 11.1. The minimum absolute atomic E-state index is 0.0666. The zero-order valence-electron chi connectivity index (χ0n) is 15.8. The van der Waals surface area contributed by atoms with E-state index in [0.29, 0.717) is 19.2 Å². The largest absolute Gasteiger partial charge is 0.497 e. The van der Waals surface area contributed by atoms with Gasteiger partial charge in [0, 0.05) is 12.6 Å². The topological polar surface area (TPSA) is 38.8 Å². The van der Waals surface area contributed by atoms with E-state index in [2.05, 4.69) is 25.1 Å². The Morgan fingerprint density at radius 1 is 1.15 bits per heavy atom. The maximum Gasteiger partial charge on any atom is 0.251 e. The normalized spacial score (nSPS) is 14.7. The number of carbonyl (C=O) groups excluding carboxylic acids is 1. The first-order valence-electron chi connectivity index (χ1n) is 9.17. The molecule has 0 heterocycles. The average molecular weight is 353 g/mol. The summed E-state index contributed by atoms with van der Waals surface area (Å²) in [5, 5.41) is 0. The Kier molecular flexibility index (Phi) is 5.94. The number of hydrogen-bond acceptors (Lipinski definition) is 3. The molecule has 1 amide bonds. The van der Waals surface area contributed by atoms with Gasteiger partial charge in [0.25, 0.3) is 5.91 Å². The molecule has 2 aromatic rings. The predicted molar refractivity (Wildman–Crippen MR) is 102 cm³/mol. The maximum absolute atomic E-state index is 12.9. The van der Waals surface area contributed by atoms with Crippen LogP contribution in [-0.4, -0.2) is 30.1 Å². The summed E-state index contributed by atoms with van der Waals surface area (Å²) in [7, 11) is 1.64. The number of amides is 1. The van der Waals surface area contributed by atoms with Gasteiger partial charge >= 0.3 is 0 Å². The SMILES string of the molecule is COc1cccc(COC(C)C(=O)N(Cc2cccc(C)c2)C2CC2)c1. The second kappa shape index (κ2) is 8.37. The smallest absolute Gasteiger partial charge is 0.251 e. The number of rotatable bonds is 8. The molecule has 2 aromatic carbocycles. The minimum Gasteiger partial charge on any atom is -0.497 e. The summed E-state index contributed by atoms with van der Waals surface area (Å²) in [6.45, 7) is 4.96. The van der Waals surface area contributed by atoms with Crippen LogP contribution in [0.1, 0.15) is 36.5 Å². The fourth-order valence-electron chi connectivity index (χ4n) is 3.07. The third kappa shape index (κ3) is 4.85. The molecule has 0 aromatic heterocycles. The molecule has 1 unspecified atom stereocenters. The molecule has 0 bridgehead atoms. The van der Waals surface area contributed by atoms with Gasteiger partial charge in [0.05, 0.1) is 13.7 Å². The summed E-state index contributed by atoms with van der Waals surface area (Å²) in [5.74, 6) is 0.862. The van der Waals surface area contributed by atoms with Gasteiger partial charge < -0.3 is 14.4 Å². The third-order valence-corrected chi connectivity index (χ3v) is 4.69. The zero-order valence-corrected chi connectivity index (χ0v) is 15.8. The van der Waals surface area contributed by atoms with Crippen molar-refractivity contribution in [3.63, 3.8) is 0 Å². The molecule has 1 aliphatic rings. The van der Waals surface area contributed by atoms with Crippen molar-refractivity contribution in [2.45, 2.75) is 52.0 Å². The van der Waals surface area contributed by atoms with Crippen molar-refractivity contribution in [1.29, 1.82) is 0 Å². The highest BCUT2D eigenvalue weighted by atomic mass is 16.5. The molecule has 26 heavy (non-hydrogen) atoms. The molecular formula is C22H27NO3. The van der Waals surface area contributed by atoms with Gasteiger partial charge in [-0.3, -0.25) is 4.79 Å². The van der Waals surface area contributed by atoms with Gasteiger partial charge in [0.1, 0.15) is 11.9 Å². The van der Waals surface area contributed by atoms with Gasteiger partial charge in [-0.15, -0.1) is 0 Å². The maximum atomic E-state index is 12.9. The van der Waals surface area contributed by atoms with Crippen molar-refractivity contribution < 1.29 is 14.3 Å².